The van der Waals surface area contributed by atoms with Crippen LogP contribution in [0.25, 0.3) is 10.8 Å². The third-order valence-electron chi connectivity index (χ3n) is 4.84. The summed E-state index contributed by atoms with van der Waals surface area (Å²) in [5, 5.41) is 6.95. The van der Waals surface area contributed by atoms with Gasteiger partial charge in [-0.05, 0) is 88.3 Å². The lowest BCUT2D eigenvalue weighted by atomic mass is 10.1. The van der Waals surface area contributed by atoms with Crippen LogP contribution in [-0.4, -0.2) is 36.0 Å². The molecule has 37 heavy (non-hydrogen) atoms. The van der Waals surface area contributed by atoms with Crippen molar-refractivity contribution in [1.29, 1.82) is 0 Å². The molecular formula is C25H24Br2N4O5S. The first-order valence-corrected chi connectivity index (χ1v) is 13.2. The van der Waals surface area contributed by atoms with Crippen LogP contribution in [-0.2, 0) is 14.4 Å². The minimum atomic E-state index is -0.510. The van der Waals surface area contributed by atoms with E-state index in [1.165, 1.54) is 0 Å². The highest BCUT2D eigenvalue weighted by Crippen LogP contribution is 2.34. The molecule has 194 valence electrons. The molecule has 9 nitrogen and oxygen atoms in total. The monoisotopic (exact) mass is 650 g/mol. The molecule has 0 radical (unpaired) electrons. The minimum Gasteiger partial charge on any atom is -0.494 e. The Morgan fingerprint density at radius 1 is 0.865 bits per heavy atom. The van der Waals surface area contributed by atoms with Gasteiger partial charge in [0.15, 0.2) is 11.7 Å². The number of carbonyl (C=O) groups is 3. The molecule has 0 heterocycles. The van der Waals surface area contributed by atoms with E-state index < -0.39 is 11.8 Å². The first-order chi connectivity index (χ1) is 17.7. The number of hydrogen-bond acceptors (Lipinski definition) is 6. The lowest BCUT2D eigenvalue weighted by molar-refractivity contribution is -0.125. The molecule has 0 aromatic heterocycles. The number of benzene rings is 3. The molecule has 0 bridgehead atoms. The zero-order valence-electron chi connectivity index (χ0n) is 19.7. The average Bonchev–Trinajstić information content (AvgIpc) is 2.87. The SMILES string of the molecule is CCOc1ccc(NC(=O)CCC(=O)NNC(=S)NC(=O)COc2ccc3cc(Br)ccc3c2Br)cc1. The molecule has 0 unspecified atom stereocenters. The number of carbonyl (C=O) groups excluding carboxylic acids is 3. The Morgan fingerprint density at radius 3 is 2.32 bits per heavy atom. The van der Waals surface area contributed by atoms with E-state index >= 15 is 0 Å². The van der Waals surface area contributed by atoms with Crippen LogP contribution >= 0.6 is 44.1 Å². The number of halogens is 2. The second kappa shape index (κ2) is 13.9. The highest BCUT2D eigenvalue weighted by Gasteiger charge is 2.12. The van der Waals surface area contributed by atoms with Gasteiger partial charge in [0, 0.05) is 23.0 Å². The third-order valence-corrected chi connectivity index (χ3v) is 6.35. The maximum Gasteiger partial charge on any atom is 0.264 e. The molecule has 3 aromatic carbocycles. The van der Waals surface area contributed by atoms with Crippen molar-refractivity contribution >= 4 is 83.4 Å². The van der Waals surface area contributed by atoms with Crippen LogP contribution < -0.4 is 31.0 Å². The smallest absolute Gasteiger partial charge is 0.264 e. The van der Waals surface area contributed by atoms with Crippen molar-refractivity contribution in [3.63, 3.8) is 0 Å². The van der Waals surface area contributed by atoms with E-state index in [1.807, 2.05) is 31.2 Å². The number of ether oxygens (including phenoxy) is 2. The average molecular weight is 652 g/mol. The summed E-state index contributed by atoms with van der Waals surface area (Å²) in [6.07, 6.45) is -0.118. The van der Waals surface area contributed by atoms with Crippen LogP contribution in [0.3, 0.4) is 0 Å². The van der Waals surface area contributed by atoms with Gasteiger partial charge in [-0.25, -0.2) is 0 Å². The Balaban J connectivity index is 1.35. The summed E-state index contributed by atoms with van der Waals surface area (Å²) < 4.78 is 12.6. The van der Waals surface area contributed by atoms with Crippen molar-refractivity contribution in [2.45, 2.75) is 19.8 Å². The summed E-state index contributed by atoms with van der Waals surface area (Å²) in [5.74, 6) is -0.0955. The van der Waals surface area contributed by atoms with Gasteiger partial charge in [0.25, 0.3) is 5.91 Å². The van der Waals surface area contributed by atoms with Gasteiger partial charge >= 0.3 is 0 Å². The Kier molecular flexibility index (Phi) is 10.7. The molecule has 0 atom stereocenters. The molecule has 0 saturated carbocycles. The zero-order valence-corrected chi connectivity index (χ0v) is 23.7. The minimum absolute atomic E-state index is 0.0364. The van der Waals surface area contributed by atoms with Gasteiger partial charge in [-0.3, -0.25) is 30.6 Å². The number of amides is 3. The summed E-state index contributed by atoms with van der Waals surface area (Å²) in [4.78, 5) is 36.3. The summed E-state index contributed by atoms with van der Waals surface area (Å²) in [7, 11) is 0. The van der Waals surface area contributed by atoms with Crippen LogP contribution in [0.5, 0.6) is 11.5 Å². The van der Waals surface area contributed by atoms with E-state index in [-0.39, 0.29) is 30.5 Å². The van der Waals surface area contributed by atoms with Gasteiger partial charge in [-0.1, -0.05) is 28.1 Å². The molecule has 0 saturated heterocycles. The van der Waals surface area contributed by atoms with Gasteiger partial charge in [0.2, 0.25) is 11.8 Å². The number of rotatable bonds is 9. The van der Waals surface area contributed by atoms with Crippen LogP contribution in [0.15, 0.2) is 63.5 Å². The van der Waals surface area contributed by atoms with Crippen molar-refractivity contribution in [1.82, 2.24) is 16.2 Å². The molecule has 3 aromatic rings. The zero-order chi connectivity index (χ0) is 26.8. The van der Waals surface area contributed by atoms with Crippen molar-refractivity contribution < 1.29 is 23.9 Å². The predicted octanol–water partition coefficient (Wildman–Crippen LogP) is 4.58. The van der Waals surface area contributed by atoms with E-state index in [0.29, 0.717) is 23.8 Å². The largest absolute Gasteiger partial charge is 0.494 e. The molecule has 3 amide bonds. The maximum absolute atomic E-state index is 12.2. The van der Waals surface area contributed by atoms with Crippen molar-refractivity contribution in [2.24, 2.45) is 0 Å². The summed E-state index contributed by atoms with van der Waals surface area (Å²) in [5.41, 5.74) is 5.37. The summed E-state index contributed by atoms with van der Waals surface area (Å²) in [6, 6.07) is 16.4. The Bertz CT molecular complexity index is 1300. The fourth-order valence-corrected chi connectivity index (χ4v) is 4.28. The summed E-state index contributed by atoms with van der Waals surface area (Å²) >= 11 is 12.0. The predicted molar refractivity (Wildman–Crippen MR) is 152 cm³/mol. The molecule has 0 fully saturated rings. The lowest BCUT2D eigenvalue weighted by Crippen LogP contribution is -2.49. The van der Waals surface area contributed by atoms with Crippen LogP contribution in [0.1, 0.15) is 19.8 Å². The topological polar surface area (TPSA) is 118 Å². The van der Waals surface area contributed by atoms with Crippen molar-refractivity contribution in [2.75, 3.05) is 18.5 Å². The van der Waals surface area contributed by atoms with E-state index in [1.54, 1.807) is 30.3 Å². The highest BCUT2D eigenvalue weighted by atomic mass is 79.9. The number of fused-ring (bicyclic) bond motifs is 1. The van der Waals surface area contributed by atoms with Crippen LogP contribution in [0, 0.1) is 0 Å². The quantitative estimate of drug-likeness (QED) is 0.198. The molecule has 0 aliphatic rings. The number of hydrazine groups is 1. The summed E-state index contributed by atoms with van der Waals surface area (Å²) in [6.45, 7) is 2.15. The van der Waals surface area contributed by atoms with E-state index in [4.69, 9.17) is 21.7 Å². The molecule has 0 spiro atoms. The fourth-order valence-electron chi connectivity index (χ4n) is 3.13. The maximum atomic E-state index is 12.2. The van der Waals surface area contributed by atoms with Gasteiger partial charge in [-0.15, -0.1) is 0 Å². The lowest BCUT2D eigenvalue weighted by Gasteiger charge is -2.13. The Labute approximate surface area is 235 Å². The molecule has 3 rings (SSSR count). The van der Waals surface area contributed by atoms with E-state index in [9.17, 15) is 14.4 Å². The van der Waals surface area contributed by atoms with Crippen LogP contribution in [0.2, 0.25) is 0 Å². The highest BCUT2D eigenvalue weighted by molar-refractivity contribution is 9.11. The first kappa shape index (κ1) is 28.4. The third kappa shape index (κ3) is 8.99. The fraction of sp³-hybridized carbons (Fsp3) is 0.200. The van der Waals surface area contributed by atoms with Gasteiger partial charge in [0.05, 0.1) is 11.1 Å². The standard InChI is InChI=1S/C25H24Br2N4O5S/c1-2-35-18-7-5-17(6-8-18)28-21(32)11-12-22(33)30-31-25(37)29-23(34)14-36-20-10-3-15-13-16(26)4-9-19(15)24(20)27/h3-10,13H,2,11-12,14H2,1H3,(H,28,32)(H,30,33)(H2,29,31,34,37). The van der Waals surface area contributed by atoms with Gasteiger partial charge < -0.3 is 14.8 Å². The molecule has 0 aliphatic carbocycles. The van der Waals surface area contributed by atoms with Gasteiger partial charge in [0.1, 0.15) is 11.5 Å². The number of thiocarbonyl (C=S) groups is 1. The number of hydrogen-bond donors (Lipinski definition) is 4. The van der Waals surface area contributed by atoms with Crippen molar-refractivity contribution in [3.8, 4) is 11.5 Å². The Morgan fingerprint density at radius 2 is 1.59 bits per heavy atom. The Hall–Kier alpha value is -3.22. The number of anilines is 1. The number of nitrogens with one attached hydrogen (secondary N) is 4. The molecule has 0 aliphatic heterocycles. The molecule has 4 N–H and O–H groups in total. The van der Waals surface area contributed by atoms with E-state index in [0.717, 1.165) is 19.7 Å². The second-order valence-electron chi connectivity index (χ2n) is 7.59. The van der Waals surface area contributed by atoms with E-state index in [2.05, 4.69) is 53.3 Å². The first-order valence-electron chi connectivity index (χ1n) is 11.2. The van der Waals surface area contributed by atoms with Crippen molar-refractivity contribution in [3.05, 3.63) is 63.5 Å². The van der Waals surface area contributed by atoms with Crippen LogP contribution in [0.4, 0.5) is 5.69 Å². The van der Waals surface area contributed by atoms with Gasteiger partial charge in [-0.2, -0.15) is 0 Å². The second-order valence-corrected chi connectivity index (χ2v) is 9.70. The molecular weight excluding hydrogens is 628 g/mol. The molecule has 12 heteroatoms. The normalized spacial score (nSPS) is 10.4.